The van der Waals surface area contributed by atoms with Gasteiger partial charge in [-0.3, -0.25) is 4.98 Å². The van der Waals surface area contributed by atoms with Gasteiger partial charge in [0.15, 0.2) is 5.11 Å². The summed E-state index contributed by atoms with van der Waals surface area (Å²) in [5.41, 5.74) is 1.04. The molecule has 2 heterocycles. The van der Waals surface area contributed by atoms with E-state index in [-0.39, 0.29) is 0 Å². The van der Waals surface area contributed by atoms with Crippen LogP contribution in [-0.4, -0.2) is 21.6 Å². The molecule has 0 atom stereocenters. The van der Waals surface area contributed by atoms with Crippen molar-refractivity contribution in [2.24, 2.45) is 0 Å². The molecule has 2 rings (SSSR count). The zero-order valence-electron chi connectivity index (χ0n) is 10.1. The fraction of sp³-hybridized carbons (Fsp3) is 0.154. The van der Waals surface area contributed by atoms with E-state index in [0.29, 0.717) is 10.9 Å². The number of nitrogens with one attached hydrogen (secondary N) is 2. The zero-order valence-corrected chi connectivity index (χ0v) is 12.5. The van der Waals surface area contributed by atoms with E-state index in [1.165, 1.54) is 0 Å². The normalized spacial score (nSPS) is 9.95. The smallest absolute Gasteiger partial charge is 0.171 e. The van der Waals surface area contributed by atoms with Crippen LogP contribution in [0.4, 0.5) is 5.82 Å². The molecule has 0 aliphatic heterocycles. The maximum atomic E-state index is 5.21. The third-order valence-corrected chi connectivity index (χ3v) is 3.27. The van der Waals surface area contributed by atoms with Crippen molar-refractivity contribution in [3.05, 3.63) is 52.9 Å². The van der Waals surface area contributed by atoms with Crippen LogP contribution in [0.25, 0.3) is 0 Å². The van der Waals surface area contributed by atoms with Crippen molar-refractivity contribution in [1.29, 1.82) is 0 Å². The second kappa shape index (κ2) is 7.16. The fourth-order valence-corrected chi connectivity index (χ4v) is 2.03. The standard InChI is InChI=1S/C13H13BrN4S/c14-11-5-3-8-16-12(11)18-13(19)17-9-6-10-4-1-2-7-15-10/h1-5,7-8H,6,9H2,(H2,16,17,18,19). The van der Waals surface area contributed by atoms with Gasteiger partial charge in [0.1, 0.15) is 5.82 Å². The summed E-state index contributed by atoms with van der Waals surface area (Å²) in [6.07, 6.45) is 4.33. The van der Waals surface area contributed by atoms with Crippen molar-refractivity contribution in [2.45, 2.75) is 6.42 Å². The SMILES string of the molecule is S=C(NCCc1ccccn1)Nc1ncccc1Br. The number of hydrogen-bond donors (Lipinski definition) is 2. The number of anilines is 1. The topological polar surface area (TPSA) is 49.8 Å². The number of thiocarbonyl (C=S) groups is 1. The maximum Gasteiger partial charge on any atom is 0.171 e. The largest absolute Gasteiger partial charge is 0.362 e. The van der Waals surface area contributed by atoms with E-state index in [1.54, 1.807) is 12.4 Å². The summed E-state index contributed by atoms with van der Waals surface area (Å²) in [5.74, 6) is 0.706. The molecule has 2 aromatic heterocycles. The van der Waals surface area contributed by atoms with Crippen molar-refractivity contribution in [1.82, 2.24) is 15.3 Å². The Morgan fingerprint density at radius 2 is 2.00 bits per heavy atom. The highest BCUT2D eigenvalue weighted by Crippen LogP contribution is 2.17. The molecule has 0 bridgehead atoms. The molecule has 2 aromatic rings. The fourth-order valence-electron chi connectivity index (χ4n) is 1.48. The van der Waals surface area contributed by atoms with E-state index in [0.717, 1.165) is 23.1 Å². The molecular weight excluding hydrogens is 324 g/mol. The summed E-state index contributed by atoms with van der Waals surface area (Å²) in [7, 11) is 0. The van der Waals surface area contributed by atoms with Gasteiger partial charge in [0.05, 0.1) is 4.47 Å². The van der Waals surface area contributed by atoms with Crippen molar-refractivity contribution in [3.63, 3.8) is 0 Å². The van der Waals surface area contributed by atoms with Crippen molar-refractivity contribution < 1.29 is 0 Å². The van der Waals surface area contributed by atoms with E-state index < -0.39 is 0 Å². The van der Waals surface area contributed by atoms with Gasteiger partial charge in [-0.1, -0.05) is 6.07 Å². The number of pyridine rings is 2. The van der Waals surface area contributed by atoms with Crippen LogP contribution >= 0.6 is 28.1 Å². The van der Waals surface area contributed by atoms with Crippen LogP contribution in [0.1, 0.15) is 5.69 Å². The summed E-state index contributed by atoms with van der Waals surface area (Å²) >= 11 is 8.61. The number of aromatic nitrogens is 2. The first-order valence-corrected chi connectivity index (χ1v) is 7.01. The lowest BCUT2D eigenvalue weighted by Crippen LogP contribution is -2.30. The number of halogens is 1. The summed E-state index contributed by atoms with van der Waals surface area (Å²) in [6, 6.07) is 9.64. The Morgan fingerprint density at radius 1 is 1.16 bits per heavy atom. The lowest BCUT2D eigenvalue weighted by molar-refractivity contribution is 0.847. The zero-order chi connectivity index (χ0) is 13.5. The summed E-state index contributed by atoms with van der Waals surface area (Å²) in [5, 5.41) is 6.72. The van der Waals surface area contributed by atoms with Gasteiger partial charge in [-0.05, 0) is 52.4 Å². The van der Waals surface area contributed by atoms with Gasteiger partial charge in [-0.15, -0.1) is 0 Å². The monoisotopic (exact) mass is 336 g/mol. The van der Waals surface area contributed by atoms with E-state index in [4.69, 9.17) is 12.2 Å². The molecule has 0 saturated carbocycles. The highest BCUT2D eigenvalue weighted by molar-refractivity contribution is 9.10. The van der Waals surface area contributed by atoms with Gasteiger partial charge in [0.25, 0.3) is 0 Å². The van der Waals surface area contributed by atoms with Crippen LogP contribution in [0.3, 0.4) is 0 Å². The van der Waals surface area contributed by atoms with Crippen molar-refractivity contribution >= 4 is 39.1 Å². The van der Waals surface area contributed by atoms with Gasteiger partial charge in [0, 0.05) is 31.1 Å². The molecule has 0 spiro atoms. The average Bonchev–Trinajstić information content (AvgIpc) is 2.43. The lowest BCUT2D eigenvalue weighted by Gasteiger charge is -2.10. The molecule has 0 amide bonds. The average molecular weight is 337 g/mol. The Morgan fingerprint density at radius 3 is 2.74 bits per heavy atom. The molecule has 0 aromatic carbocycles. The predicted molar refractivity (Wildman–Crippen MR) is 84.1 cm³/mol. The molecule has 19 heavy (non-hydrogen) atoms. The number of nitrogens with zero attached hydrogens (tertiary/aromatic N) is 2. The first-order chi connectivity index (χ1) is 9.25. The van der Waals surface area contributed by atoms with E-state index >= 15 is 0 Å². The Balaban J connectivity index is 1.78. The molecular formula is C13H13BrN4S. The minimum absolute atomic E-state index is 0.551. The molecule has 0 saturated heterocycles. The summed E-state index contributed by atoms with van der Waals surface area (Å²) < 4.78 is 0.879. The maximum absolute atomic E-state index is 5.21. The van der Waals surface area contributed by atoms with Gasteiger partial charge in [0.2, 0.25) is 0 Å². The van der Waals surface area contributed by atoms with Crippen molar-refractivity contribution in [2.75, 3.05) is 11.9 Å². The minimum Gasteiger partial charge on any atom is -0.362 e. The molecule has 0 unspecified atom stereocenters. The molecule has 0 aliphatic carbocycles. The van der Waals surface area contributed by atoms with Gasteiger partial charge < -0.3 is 10.6 Å². The third kappa shape index (κ3) is 4.57. The van der Waals surface area contributed by atoms with E-state index in [1.807, 2.05) is 30.3 Å². The molecule has 4 nitrogen and oxygen atoms in total. The minimum atomic E-state index is 0.551. The Kier molecular flexibility index (Phi) is 5.23. The Hall–Kier alpha value is -1.53. The molecule has 6 heteroatoms. The molecule has 2 N–H and O–H groups in total. The van der Waals surface area contributed by atoms with Crippen LogP contribution in [0.15, 0.2) is 47.2 Å². The van der Waals surface area contributed by atoms with Crippen LogP contribution < -0.4 is 10.6 Å². The van der Waals surface area contributed by atoms with Crippen LogP contribution in [0, 0.1) is 0 Å². The number of rotatable bonds is 4. The number of hydrogen-bond acceptors (Lipinski definition) is 3. The quantitative estimate of drug-likeness (QED) is 0.841. The molecule has 0 fully saturated rings. The highest BCUT2D eigenvalue weighted by Gasteiger charge is 2.02. The predicted octanol–water partition coefficient (Wildman–Crippen LogP) is 2.77. The first-order valence-electron chi connectivity index (χ1n) is 5.81. The van der Waals surface area contributed by atoms with Crippen LogP contribution in [-0.2, 0) is 6.42 Å². The second-order valence-electron chi connectivity index (χ2n) is 3.79. The highest BCUT2D eigenvalue weighted by atomic mass is 79.9. The Labute approximate surface area is 125 Å². The van der Waals surface area contributed by atoms with E-state index in [9.17, 15) is 0 Å². The van der Waals surface area contributed by atoms with E-state index in [2.05, 4.69) is 36.5 Å². The third-order valence-electron chi connectivity index (χ3n) is 2.38. The summed E-state index contributed by atoms with van der Waals surface area (Å²) in [6.45, 7) is 0.729. The van der Waals surface area contributed by atoms with Gasteiger partial charge in [-0.2, -0.15) is 0 Å². The first kappa shape index (κ1) is 13.9. The molecule has 0 radical (unpaired) electrons. The molecule has 98 valence electrons. The van der Waals surface area contributed by atoms with Gasteiger partial charge in [-0.25, -0.2) is 4.98 Å². The van der Waals surface area contributed by atoms with Crippen LogP contribution in [0.5, 0.6) is 0 Å². The van der Waals surface area contributed by atoms with Crippen LogP contribution in [0.2, 0.25) is 0 Å². The molecule has 0 aliphatic rings. The Bertz CT molecular complexity index is 547. The lowest BCUT2D eigenvalue weighted by atomic mass is 10.3. The second-order valence-corrected chi connectivity index (χ2v) is 5.05. The van der Waals surface area contributed by atoms with Gasteiger partial charge >= 0.3 is 0 Å². The van der Waals surface area contributed by atoms with Crippen molar-refractivity contribution in [3.8, 4) is 0 Å². The summed E-state index contributed by atoms with van der Waals surface area (Å²) in [4.78, 5) is 8.44.